The molecule has 0 aromatic heterocycles. The van der Waals surface area contributed by atoms with Gasteiger partial charge >= 0.3 is 12.1 Å². The lowest BCUT2D eigenvalue weighted by Gasteiger charge is -2.51. The van der Waals surface area contributed by atoms with E-state index in [9.17, 15) is 161 Å². The van der Waals surface area contributed by atoms with E-state index < -0.39 is 395 Å². The lowest BCUT2D eigenvalue weighted by molar-refractivity contribution is -0.398. The number of benzene rings is 2. The zero-order chi connectivity index (χ0) is 99.9. The van der Waals surface area contributed by atoms with E-state index in [1.807, 2.05) is 36.4 Å². The van der Waals surface area contributed by atoms with Gasteiger partial charge in [-0.05, 0) is 22.3 Å². The number of rotatable bonds is 36. The first-order valence-corrected chi connectivity index (χ1v) is 43.7. The van der Waals surface area contributed by atoms with Gasteiger partial charge in [-0.1, -0.05) is 48.5 Å². The Bertz CT molecular complexity index is 4250. The zero-order valence-corrected chi connectivity index (χ0v) is 73.4. The standard InChI is InChI=1S/C81H120N6O50/c1-24(96)82-44-53(106)64(38(18-92)122-71(44)87-43(100)13-33(72(117)118)86-81(119)121-22-32-30-11-7-5-9-28(30)29-10-6-8-12-31(29)32)131-73-45(83-25(2)97)54(107)67(41(21-95)127-73)134-78-63(116)68(135-80-70(60(113)51(104)37(17-91)126-80)137-75-47(85-27(4)99)56(109)66(40(20-94)129-75)133-77-62(115)58(111)49(102)35(15-89)124-77)52(105)42(130-78)23-120-79-69(59(112)50(103)36(16-90)125-79)136-74-46(84-26(3)98)55(108)65(39(19-93)128-74)132-76-61(114)57(110)48(101)34(14-88)123-76/h5-12,32-42,44-71,73-80,88-95,101-116H,13-23H2,1-4H3,(H,82,96)(H,83,97)(H,84,98)(H,85,99)(H,86,119)(H,87,100)(H,117,118)/t33-,34?,35?,36?,37+,38?,39-,40?,41?,42?,44?,45?,46?,47?,48-,49-,50+,51+,52+,53+,54+,55?,56+,57-,58-,59-,60?,61?,62?,63?,64+,65+,66+,67+,68-,69?,70?,71+,73-,74-,75-,76-,77-,78-,79-,80+/m0/s1. The van der Waals surface area contributed by atoms with Crippen molar-refractivity contribution in [3.63, 3.8) is 0 Å². The molecule has 18 unspecified atom stereocenters. The number of carbonyl (C=O) groups is 7. The van der Waals surface area contributed by atoms with Gasteiger partial charge in [0, 0.05) is 33.6 Å². The average Bonchev–Trinajstić information content (AvgIpc) is 1.74. The van der Waals surface area contributed by atoms with Crippen LogP contribution in [0.1, 0.15) is 51.2 Å². The minimum absolute atomic E-state index is 0.261. The topological polar surface area (TPSA) is 864 Å². The van der Waals surface area contributed by atoms with Crippen LogP contribution < -0.4 is 31.9 Å². The van der Waals surface area contributed by atoms with E-state index in [1.165, 1.54) is 0 Å². The van der Waals surface area contributed by atoms with Gasteiger partial charge in [0.15, 0.2) is 56.5 Å². The lowest BCUT2D eigenvalue weighted by atomic mass is 9.93. The number of amides is 6. The number of aliphatic carboxylic acids is 1. The van der Waals surface area contributed by atoms with E-state index in [-0.39, 0.29) is 6.61 Å². The van der Waals surface area contributed by atoms with Crippen LogP contribution in [-0.4, -0.2) is 517 Å². The molecule has 9 saturated heterocycles. The van der Waals surface area contributed by atoms with E-state index in [0.29, 0.717) is 0 Å². The van der Waals surface area contributed by atoms with Gasteiger partial charge in [0.1, 0.15) is 232 Å². The number of ether oxygens (including phenoxy) is 18. The van der Waals surface area contributed by atoms with Gasteiger partial charge in [-0.3, -0.25) is 24.0 Å². The zero-order valence-electron chi connectivity index (χ0n) is 73.4. The third kappa shape index (κ3) is 24.2. The van der Waals surface area contributed by atoms with Gasteiger partial charge in [0.05, 0.1) is 65.9 Å². The molecule has 137 heavy (non-hydrogen) atoms. The number of hydrogen-bond acceptors (Lipinski definition) is 49. The van der Waals surface area contributed by atoms with E-state index in [2.05, 4.69) is 31.9 Å². The van der Waals surface area contributed by atoms with Crippen LogP contribution in [-0.2, 0) is 114 Å². The van der Waals surface area contributed by atoms with Crippen LogP contribution in [0.4, 0.5) is 4.79 Å². The Labute approximate surface area is 776 Å². The minimum atomic E-state index is -2.65. The van der Waals surface area contributed by atoms with Crippen LogP contribution in [0.15, 0.2) is 48.5 Å². The molecule has 9 heterocycles. The highest BCUT2D eigenvalue weighted by molar-refractivity contribution is 5.87. The Morgan fingerprint density at radius 1 is 0.307 bits per heavy atom. The largest absolute Gasteiger partial charge is 0.480 e. The van der Waals surface area contributed by atoms with Crippen molar-refractivity contribution in [1.82, 2.24) is 31.9 Å². The Balaban J connectivity index is 0.821. The van der Waals surface area contributed by atoms with Gasteiger partial charge in [0.25, 0.3) is 0 Å². The van der Waals surface area contributed by atoms with Crippen molar-refractivity contribution in [3.8, 4) is 11.1 Å². The smallest absolute Gasteiger partial charge is 0.407 e. The maximum absolute atomic E-state index is 13.9. The molecular weight excluding hydrogens is 1860 g/mol. The number of alkyl carbamates (subject to hydrolysis) is 1. The Hall–Kier alpha value is -7.11. The number of hydrogen-bond donors (Lipinski definition) is 31. The molecule has 10 aliphatic rings. The van der Waals surface area contributed by atoms with Crippen molar-refractivity contribution >= 4 is 41.6 Å². The molecule has 1 aliphatic carbocycles. The first-order valence-electron chi connectivity index (χ1n) is 43.7. The molecule has 0 spiro atoms. The fourth-order valence-corrected chi connectivity index (χ4v) is 18.0. The van der Waals surface area contributed by atoms with E-state index in [0.717, 1.165) is 49.9 Å². The quantitative estimate of drug-likeness (QED) is 0.0301. The molecule has 9 fully saturated rings. The predicted octanol–water partition coefficient (Wildman–Crippen LogP) is -17.5. The number of aliphatic hydroxyl groups excluding tert-OH is 24. The summed E-state index contributed by atoms with van der Waals surface area (Å²) < 4.78 is 108. The van der Waals surface area contributed by atoms with Gasteiger partial charge in [-0.15, -0.1) is 0 Å². The molecule has 2 aromatic rings. The summed E-state index contributed by atoms with van der Waals surface area (Å²) in [6, 6.07) is 4.83. The number of carboxylic acid groups (broad SMARTS) is 1. The third-order valence-corrected chi connectivity index (χ3v) is 25.0. The maximum atomic E-state index is 13.9. The first-order chi connectivity index (χ1) is 65.1. The molecule has 9 aliphatic heterocycles. The summed E-state index contributed by atoms with van der Waals surface area (Å²) >= 11 is 0. The summed E-state index contributed by atoms with van der Waals surface area (Å²) in [7, 11) is 0. The van der Waals surface area contributed by atoms with Crippen molar-refractivity contribution in [2.24, 2.45) is 0 Å². The molecule has 56 nitrogen and oxygen atoms in total. The molecule has 0 saturated carbocycles. The lowest BCUT2D eigenvalue weighted by Crippen LogP contribution is -2.72. The van der Waals surface area contributed by atoms with Crippen LogP contribution in [0.5, 0.6) is 0 Å². The van der Waals surface area contributed by atoms with Gasteiger partial charge < -0.3 is 245 Å². The predicted molar refractivity (Wildman–Crippen MR) is 434 cm³/mol. The number of fused-ring (bicyclic) bond motifs is 3. The molecule has 0 bridgehead atoms. The number of nitrogens with one attached hydrogen (secondary N) is 6. The molecule has 0 radical (unpaired) electrons. The van der Waals surface area contributed by atoms with Crippen LogP contribution in [0.2, 0.25) is 0 Å². The second-order valence-electron chi connectivity index (χ2n) is 34.3. The Morgan fingerprint density at radius 3 is 1.01 bits per heavy atom. The van der Waals surface area contributed by atoms with Crippen LogP contribution in [0.3, 0.4) is 0 Å². The SMILES string of the molecule is CC(=O)NC1C(O)[C@H](O[C@@H]2OC(CO)[C@H](O)[C@H](O)C2O)[C@H](CO)O[C@H]1OC1[C@@H](OCC2O[C@@H](O[C@@H]3C(CO)O[C@@H](O[C@@H]4C(CO)O[C@@H](NC(=O)C[C@H](NC(=O)OCC5c6ccccc6-c6ccccc65)C(=O)O)C(NC(C)=O)[C@H]4O)C(NC(C)=O)[C@H]3O)C(O)[C@@H](O[C@H]3O[C@H](CO)[C@@H](O)C(O)C3O[C@@H]3OC(CO)[C@@H](O[C@@H]4OC(CO)[C@H](O)[C@H](O)C4O)[C@H](O)C3NC(C)=O)[C@@H]2O)OC(CO)[C@@H](O)[C@@H]1O. The summed E-state index contributed by atoms with van der Waals surface area (Å²) in [5.74, 6) is -7.28. The fourth-order valence-electron chi connectivity index (χ4n) is 18.0. The molecule has 12 rings (SSSR count). The van der Waals surface area contributed by atoms with E-state index >= 15 is 0 Å². The highest BCUT2D eigenvalue weighted by Crippen LogP contribution is 2.46. The van der Waals surface area contributed by atoms with Crippen LogP contribution >= 0.6 is 0 Å². The Morgan fingerprint density at radius 2 is 0.620 bits per heavy atom. The maximum Gasteiger partial charge on any atom is 0.407 e. The second-order valence-corrected chi connectivity index (χ2v) is 34.3. The van der Waals surface area contributed by atoms with Crippen molar-refractivity contribution in [2.45, 2.75) is 322 Å². The Kier molecular flexibility index (Phi) is 38.0. The molecule has 31 N–H and O–H groups in total. The van der Waals surface area contributed by atoms with Crippen molar-refractivity contribution in [2.75, 3.05) is 66.1 Å². The van der Waals surface area contributed by atoms with E-state index in [1.54, 1.807) is 12.1 Å². The first kappa shape index (κ1) is 109. The molecule has 2 aromatic carbocycles. The summed E-state index contributed by atoms with van der Waals surface area (Å²) in [6.45, 7) is -6.91. The summed E-state index contributed by atoms with van der Waals surface area (Å²) in [6.07, 6.45) is -90.0. The fraction of sp³-hybridized carbons (Fsp3) is 0.765. The molecule has 46 atom stereocenters. The minimum Gasteiger partial charge on any atom is -0.480 e. The van der Waals surface area contributed by atoms with Gasteiger partial charge in [0.2, 0.25) is 29.5 Å². The number of aliphatic hydroxyl groups is 24. The molecule has 774 valence electrons. The summed E-state index contributed by atoms with van der Waals surface area (Å²) in [5.41, 5.74) is 3.41. The molecule has 6 amide bonds. The van der Waals surface area contributed by atoms with Crippen LogP contribution in [0.25, 0.3) is 11.1 Å². The van der Waals surface area contributed by atoms with E-state index in [4.69, 9.17) is 85.3 Å². The van der Waals surface area contributed by atoms with Crippen molar-refractivity contribution in [3.05, 3.63) is 59.7 Å². The van der Waals surface area contributed by atoms with Crippen molar-refractivity contribution < 1.29 is 246 Å². The highest BCUT2D eigenvalue weighted by atomic mass is 16.8. The summed E-state index contributed by atoms with van der Waals surface area (Å²) in [5, 5.41) is 295. The highest BCUT2D eigenvalue weighted by Gasteiger charge is 2.62. The third-order valence-electron chi connectivity index (χ3n) is 25.0. The summed E-state index contributed by atoms with van der Waals surface area (Å²) in [4.78, 5) is 92.2. The number of carbonyl (C=O) groups excluding carboxylic acids is 6. The van der Waals surface area contributed by atoms with Crippen molar-refractivity contribution in [1.29, 1.82) is 0 Å². The average molecular weight is 1980 g/mol. The molecular formula is C81H120N6O50. The number of carboxylic acids is 1. The van der Waals surface area contributed by atoms with Gasteiger partial charge in [-0.2, -0.15) is 0 Å². The van der Waals surface area contributed by atoms with Crippen LogP contribution in [0, 0.1) is 0 Å². The van der Waals surface area contributed by atoms with Gasteiger partial charge in [-0.25, -0.2) is 9.59 Å². The molecule has 56 heteroatoms. The normalized spacial score (nSPS) is 42.6. The second kappa shape index (κ2) is 47.9. The monoisotopic (exact) mass is 1980 g/mol.